The highest BCUT2D eigenvalue weighted by molar-refractivity contribution is 6.06. The summed E-state index contributed by atoms with van der Waals surface area (Å²) in [6.45, 7) is 2.59. The highest BCUT2D eigenvalue weighted by Crippen LogP contribution is 2.39. The van der Waals surface area contributed by atoms with E-state index >= 15 is 0 Å². The predicted octanol–water partition coefficient (Wildman–Crippen LogP) is 4.39. The summed E-state index contributed by atoms with van der Waals surface area (Å²) in [4.78, 5) is 41.8. The molecule has 6 rings (SSSR count). The van der Waals surface area contributed by atoms with Crippen LogP contribution in [0.4, 0.5) is 4.79 Å². The second-order valence-electron chi connectivity index (χ2n) is 12.6. The third-order valence-corrected chi connectivity index (χ3v) is 9.25. The van der Waals surface area contributed by atoms with Crippen molar-refractivity contribution in [2.45, 2.75) is 76.0 Å². The maximum atomic E-state index is 13.1. The zero-order valence-electron chi connectivity index (χ0n) is 27.2. The first-order valence-electron chi connectivity index (χ1n) is 16.5. The van der Waals surface area contributed by atoms with Gasteiger partial charge in [0.15, 0.2) is 6.29 Å². The standard InChI is InChI=1S/C37H43N3O8/c1-45-24-30-8-5-17-39(30)21-31-18-33(28-13-11-26(22-41)12-14-28)48-36(47-31)29-15-9-25(10-16-29)20-40-34(42)19-32(35(40)43)38-37(44)46-23-27-6-3-2-4-7-27/h2-4,6-7,9-16,30-33,36,41H,5,8,17-24H2,1H3,(H,38,44)/t30-,31-,32?,33+,36+/m0/s1. The lowest BCUT2D eigenvalue weighted by molar-refractivity contribution is -0.253. The Kier molecular flexibility index (Phi) is 11.1. The largest absolute Gasteiger partial charge is 0.445 e. The molecule has 0 aromatic heterocycles. The molecule has 3 amide bonds. The molecule has 3 aromatic rings. The summed E-state index contributed by atoms with van der Waals surface area (Å²) in [6.07, 6.45) is 1.16. The second-order valence-corrected chi connectivity index (χ2v) is 12.6. The number of likely N-dealkylation sites (tertiary alicyclic amines) is 2. The van der Waals surface area contributed by atoms with Crippen LogP contribution >= 0.6 is 0 Å². The Morgan fingerprint density at radius 2 is 1.67 bits per heavy atom. The van der Waals surface area contributed by atoms with E-state index in [0.29, 0.717) is 19.1 Å². The number of methoxy groups -OCH3 is 1. The van der Waals surface area contributed by atoms with Crippen molar-refractivity contribution >= 4 is 17.9 Å². The number of aliphatic hydroxyl groups is 1. The Labute approximate surface area is 280 Å². The minimum absolute atomic E-state index is 0.0184. The van der Waals surface area contributed by atoms with Crippen LogP contribution in [0.25, 0.3) is 0 Å². The Bertz CT molecular complexity index is 1530. The average molecular weight is 658 g/mol. The van der Waals surface area contributed by atoms with E-state index in [2.05, 4.69) is 10.2 Å². The number of ether oxygens (including phenoxy) is 4. The van der Waals surface area contributed by atoms with Gasteiger partial charge in [-0.05, 0) is 41.6 Å². The van der Waals surface area contributed by atoms with Crippen LogP contribution in [0.5, 0.6) is 0 Å². The monoisotopic (exact) mass is 657 g/mol. The molecule has 2 N–H and O–H groups in total. The summed E-state index contributed by atoms with van der Waals surface area (Å²) in [5.74, 6) is -0.825. The number of hydrogen-bond donors (Lipinski definition) is 2. The fourth-order valence-corrected chi connectivity index (χ4v) is 6.64. The molecule has 254 valence electrons. The van der Waals surface area contributed by atoms with Crippen LogP contribution in [0, 0.1) is 0 Å². The number of nitrogens with zero attached hydrogens (tertiary/aromatic N) is 2. The summed E-state index contributed by atoms with van der Waals surface area (Å²) in [5, 5.41) is 12.0. The van der Waals surface area contributed by atoms with E-state index in [4.69, 9.17) is 18.9 Å². The van der Waals surface area contributed by atoms with Crippen molar-refractivity contribution in [2.75, 3.05) is 26.8 Å². The molecule has 3 heterocycles. The molecule has 3 aromatic carbocycles. The minimum Gasteiger partial charge on any atom is -0.445 e. The molecule has 0 radical (unpaired) electrons. The molecular weight excluding hydrogens is 614 g/mol. The number of alkyl carbamates (subject to hydrolysis) is 1. The Morgan fingerprint density at radius 1 is 0.938 bits per heavy atom. The van der Waals surface area contributed by atoms with Crippen molar-refractivity contribution in [3.63, 3.8) is 0 Å². The fraction of sp³-hybridized carbons (Fsp3) is 0.432. The van der Waals surface area contributed by atoms with E-state index in [1.165, 1.54) is 4.90 Å². The van der Waals surface area contributed by atoms with Gasteiger partial charge in [-0.3, -0.25) is 19.4 Å². The van der Waals surface area contributed by atoms with Gasteiger partial charge >= 0.3 is 6.09 Å². The first-order chi connectivity index (χ1) is 23.4. The lowest BCUT2D eigenvalue weighted by Gasteiger charge is -2.38. The third kappa shape index (κ3) is 8.29. The Balaban J connectivity index is 1.09. The zero-order chi connectivity index (χ0) is 33.5. The van der Waals surface area contributed by atoms with E-state index < -0.39 is 24.3 Å². The summed E-state index contributed by atoms with van der Waals surface area (Å²) >= 11 is 0. The van der Waals surface area contributed by atoms with Gasteiger partial charge in [0.1, 0.15) is 12.6 Å². The normalized spacial score (nSPS) is 24.6. The Morgan fingerprint density at radius 3 is 2.40 bits per heavy atom. The van der Waals surface area contributed by atoms with Crippen molar-refractivity contribution in [3.05, 3.63) is 107 Å². The summed E-state index contributed by atoms with van der Waals surface area (Å²) in [6, 6.07) is 24.0. The van der Waals surface area contributed by atoms with Gasteiger partial charge in [0, 0.05) is 31.7 Å². The van der Waals surface area contributed by atoms with Crippen LogP contribution in [-0.2, 0) is 48.3 Å². The topological polar surface area (TPSA) is 127 Å². The molecule has 3 fully saturated rings. The van der Waals surface area contributed by atoms with Gasteiger partial charge in [-0.2, -0.15) is 0 Å². The zero-order valence-corrected chi connectivity index (χ0v) is 27.2. The molecule has 11 nitrogen and oxygen atoms in total. The van der Waals surface area contributed by atoms with Crippen LogP contribution in [-0.4, -0.2) is 77.8 Å². The number of aliphatic hydroxyl groups excluding tert-OH is 1. The van der Waals surface area contributed by atoms with Gasteiger partial charge in [-0.15, -0.1) is 0 Å². The van der Waals surface area contributed by atoms with E-state index in [-0.39, 0.29) is 44.3 Å². The summed E-state index contributed by atoms with van der Waals surface area (Å²) in [5.41, 5.74) is 4.27. The molecule has 3 saturated heterocycles. The van der Waals surface area contributed by atoms with E-state index in [1.54, 1.807) is 7.11 Å². The van der Waals surface area contributed by atoms with Crippen LogP contribution in [0.3, 0.4) is 0 Å². The van der Waals surface area contributed by atoms with Crippen molar-refractivity contribution in [3.8, 4) is 0 Å². The van der Waals surface area contributed by atoms with Gasteiger partial charge in [0.2, 0.25) is 5.91 Å². The number of imide groups is 1. The number of amides is 3. The molecule has 1 unspecified atom stereocenters. The molecule has 0 spiro atoms. The molecule has 0 saturated carbocycles. The molecule has 48 heavy (non-hydrogen) atoms. The molecule has 3 aliphatic rings. The molecule has 3 aliphatic heterocycles. The van der Waals surface area contributed by atoms with Gasteiger partial charge in [-0.25, -0.2) is 4.79 Å². The number of benzene rings is 3. The number of carbonyl (C=O) groups excluding carboxylic acids is 3. The second kappa shape index (κ2) is 15.8. The lowest BCUT2D eigenvalue weighted by atomic mass is 9.99. The van der Waals surface area contributed by atoms with E-state index in [1.807, 2.05) is 78.9 Å². The molecule has 0 bridgehead atoms. The highest BCUT2D eigenvalue weighted by Gasteiger charge is 2.40. The lowest BCUT2D eigenvalue weighted by Crippen LogP contribution is -2.42. The maximum absolute atomic E-state index is 13.1. The van der Waals surface area contributed by atoms with Crippen molar-refractivity contribution in [1.82, 2.24) is 15.1 Å². The Hall–Kier alpha value is -4.13. The van der Waals surface area contributed by atoms with Gasteiger partial charge in [0.25, 0.3) is 5.91 Å². The molecule has 11 heteroatoms. The molecule has 0 aliphatic carbocycles. The SMILES string of the molecule is COC[C@@H]1CCCN1C[C@@H]1C[C@H](c2ccc(CO)cc2)O[C@H](c2ccc(CN3C(=O)CC(NC(=O)OCc4ccccc4)C3=O)cc2)O1. The van der Waals surface area contributed by atoms with E-state index in [9.17, 15) is 19.5 Å². The van der Waals surface area contributed by atoms with Crippen LogP contribution in [0.15, 0.2) is 78.9 Å². The quantitative estimate of drug-likeness (QED) is 0.273. The van der Waals surface area contributed by atoms with Crippen molar-refractivity contribution in [1.29, 1.82) is 0 Å². The van der Waals surface area contributed by atoms with Gasteiger partial charge in [-0.1, -0.05) is 78.9 Å². The molecular formula is C37H43N3O8. The maximum Gasteiger partial charge on any atom is 0.408 e. The first kappa shape index (κ1) is 33.8. The smallest absolute Gasteiger partial charge is 0.408 e. The fourth-order valence-electron chi connectivity index (χ4n) is 6.64. The molecule has 5 atom stereocenters. The predicted molar refractivity (Wildman–Crippen MR) is 175 cm³/mol. The van der Waals surface area contributed by atoms with Gasteiger partial charge < -0.3 is 29.4 Å². The van der Waals surface area contributed by atoms with Crippen molar-refractivity contribution < 1.29 is 38.4 Å². The van der Waals surface area contributed by atoms with Crippen LogP contribution < -0.4 is 5.32 Å². The average Bonchev–Trinajstić information content (AvgIpc) is 3.66. The number of carbonyl (C=O) groups is 3. The number of hydrogen-bond acceptors (Lipinski definition) is 9. The first-order valence-corrected chi connectivity index (χ1v) is 16.5. The van der Waals surface area contributed by atoms with Crippen LogP contribution in [0.2, 0.25) is 0 Å². The minimum atomic E-state index is -0.969. The highest BCUT2D eigenvalue weighted by atomic mass is 16.7. The summed E-state index contributed by atoms with van der Waals surface area (Å²) in [7, 11) is 1.74. The number of rotatable bonds is 12. The number of nitrogens with one attached hydrogen (secondary N) is 1. The van der Waals surface area contributed by atoms with Crippen LogP contribution in [0.1, 0.15) is 65.9 Å². The third-order valence-electron chi connectivity index (χ3n) is 9.25. The van der Waals surface area contributed by atoms with E-state index in [0.717, 1.165) is 53.7 Å². The van der Waals surface area contributed by atoms with Gasteiger partial charge in [0.05, 0.1) is 38.4 Å². The van der Waals surface area contributed by atoms with Crippen molar-refractivity contribution in [2.24, 2.45) is 0 Å². The summed E-state index contributed by atoms with van der Waals surface area (Å²) < 4.78 is 23.8.